The summed E-state index contributed by atoms with van der Waals surface area (Å²) in [6.45, 7) is 19.2. The number of nitrogens with zero attached hydrogens (tertiary/aromatic N) is 2. The molecule has 2 atom stereocenters. The Balaban J connectivity index is 0.000000226. The van der Waals surface area contributed by atoms with Crippen molar-refractivity contribution in [3.05, 3.63) is 59.7 Å². The van der Waals surface area contributed by atoms with Gasteiger partial charge in [0.2, 0.25) is 0 Å². The first kappa shape index (κ1) is 33.7. The van der Waals surface area contributed by atoms with E-state index in [0.717, 1.165) is 69.4 Å². The summed E-state index contributed by atoms with van der Waals surface area (Å²) in [7, 11) is 0. The van der Waals surface area contributed by atoms with Crippen LogP contribution in [0, 0.1) is 0 Å². The fraction of sp³-hybridized carbons (Fsp3) is 0.657. The zero-order valence-electron chi connectivity index (χ0n) is 26.4. The molecule has 2 aliphatic heterocycles. The van der Waals surface area contributed by atoms with E-state index in [1.165, 1.54) is 24.1 Å². The SMILES string of the molecule is CC(C)(C)c1ccc(OC2CCN(CCCF)C2)cc1.CC(C)(C)c1ccc(O[C@@H]2CCCN(CCCCl)C2)cc1. The molecule has 4 nitrogen and oxygen atoms in total. The summed E-state index contributed by atoms with van der Waals surface area (Å²) in [5, 5.41) is 0. The van der Waals surface area contributed by atoms with Crippen molar-refractivity contribution >= 4 is 11.6 Å². The molecule has 2 aromatic carbocycles. The van der Waals surface area contributed by atoms with Crippen molar-refractivity contribution in [2.24, 2.45) is 0 Å². The number of hydrogen-bond donors (Lipinski definition) is 0. The summed E-state index contributed by atoms with van der Waals surface area (Å²) in [5.41, 5.74) is 3.04. The van der Waals surface area contributed by atoms with Crippen molar-refractivity contribution < 1.29 is 13.9 Å². The second-order valence-electron chi connectivity index (χ2n) is 13.6. The van der Waals surface area contributed by atoms with E-state index < -0.39 is 0 Å². The van der Waals surface area contributed by atoms with Gasteiger partial charge < -0.3 is 9.47 Å². The molecule has 2 aromatic rings. The predicted octanol–water partition coefficient (Wildman–Crippen LogP) is 8.25. The van der Waals surface area contributed by atoms with Gasteiger partial charge in [0, 0.05) is 32.1 Å². The number of alkyl halides is 2. The Hall–Kier alpha value is -1.82. The predicted molar refractivity (Wildman–Crippen MR) is 172 cm³/mol. The van der Waals surface area contributed by atoms with E-state index in [1.54, 1.807) is 0 Å². The van der Waals surface area contributed by atoms with Gasteiger partial charge in [-0.05, 0) is 91.4 Å². The topological polar surface area (TPSA) is 24.9 Å². The van der Waals surface area contributed by atoms with Gasteiger partial charge >= 0.3 is 0 Å². The van der Waals surface area contributed by atoms with E-state index in [1.807, 2.05) is 0 Å². The number of rotatable bonds is 10. The lowest BCUT2D eigenvalue weighted by Crippen LogP contribution is -2.41. The molecule has 0 saturated carbocycles. The molecular formula is C35H54ClFN2O2. The van der Waals surface area contributed by atoms with Crippen LogP contribution in [-0.4, -0.2) is 73.8 Å². The van der Waals surface area contributed by atoms with Crippen LogP contribution >= 0.6 is 11.6 Å². The molecule has 0 bridgehead atoms. The first-order valence-electron chi connectivity index (χ1n) is 15.6. The quantitative estimate of drug-likeness (QED) is 0.261. The van der Waals surface area contributed by atoms with Crippen molar-refractivity contribution in [2.75, 3.05) is 51.8 Å². The van der Waals surface area contributed by atoms with Crippen LogP contribution in [0.4, 0.5) is 4.39 Å². The fourth-order valence-electron chi connectivity index (χ4n) is 5.43. The van der Waals surface area contributed by atoms with E-state index >= 15 is 0 Å². The Kier molecular flexibility index (Phi) is 13.3. The summed E-state index contributed by atoms with van der Waals surface area (Å²) >= 11 is 5.78. The molecule has 6 heteroatoms. The highest BCUT2D eigenvalue weighted by Gasteiger charge is 2.24. The van der Waals surface area contributed by atoms with E-state index in [0.29, 0.717) is 12.5 Å². The third-order valence-corrected chi connectivity index (χ3v) is 8.22. The van der Waals surface area contributed by atoms with Gasteiger partial charge in [0.1, 0.15) is 23.7 Å². The van der Waals surface area contributed by atoms with Gasteiger partial charge in [-0.15, -0.1) is 11.6 Å². The van der Waals surface area contributed by atoms with E-state index in [9.17, 15) is 4.39 Å². The minimum Gasteiger partial charge on any atom is -0.489 e. The third kappa shape index (κ3) is 11.8. The number of piperidine rings is 1. The minimum absolute atomic E-state index is 0.176. The van der Waals surface area contributed by atoms with Crippen LogP contribution in [-0.2, 0) is 10.8 Å². The fourth-order valence-corrected chi connectivity index (χ4v) is 5.55. The van der Waals surface area contributed by atoms with Gasteiger partial charge in [0.15, 0.2) is 0 Å². The van der Waals surface area contributed by atoms with Crippen molar-refractivity contribution in [3.8, 4) is 11.5 Å². The standard InChI is InChI=1S/C18H28ClNO.C17H26FNO/c1-18(2,3)15-7-9-16(10-8-15)21-17-6-4-12-20(14-17)13-5-11-19;1-17(2,3)14-5-7-15(8-6-14)20-16-9-12-19(13-16)11-4-10-18/h7-10,17H,4-6,11-14H2,1-3H3;5-8,16H,4,9-13H2,1-3H3/t17-;/m1./s1. The maximum Gasteiger partial charge on any atom is 0.119 e. The lowest BCUT2D eigenvalue weighted by Gasteiger charge is -2.32. The summed E-state index contributed by atoms with van der Waals surface area (Å²) in [6, 6.07) is 17.0. The summed E-state index contributed by atoms with van der Waals surface area (Å²) in [6.07, 6.45) is 5.66. The average Bonchev–Trinajstić information content (AvgIpc) is 3.38. The number of hydrogen-bond acceptors (Lipinski definition) is 4. The Bertz CT molecular complexity index is 1000. The summed E-state index contributed by atoms with van der Waals surface area (Å²) in [5.74, 6) is 2.68. The van der Waals surface area contributed by atoms with Gasteiger partial charge in [0.25, 0.3) is 0 Å². The van der Waals surface area contributed by atoms with Crippen molar-refractivity contribution in [2.45, 2.75) is 96.7 Å². The lowest BCUT2D eigenvalue weighted by atomic mass is 9.87. The summed E-state index contributed by atoms with van der Waals surface area (Å²) < 4.78 is 24.3. The lowest BCUT2D eigenvalue weighted by molar-refractivity contribution is 0.0888. The second-order valence-corrected chi connectivity index (χ2v) is 14.0. The van der Waals surface area contributed by atoms with Crippen LogP contribution in [0.5, 0.6) is 11.5 Å². The molecule has 230 valence electrons. The summed E-state index contributed by atoms with van der Waals surface area (Å²) in [4.78, 5) is 4.76. The van der Waals surface area contributed by atoms with E-state index in [2.05, 4.69) is 99.9 Å². The smallest absolute Gasteiger partial charge is 0.119 e. The van der Waals surface area contributed by atoms with Crippen LogP contribution in [0.15, 0.2) is 48.5 Å². The number of ether oxygens (including phenoxy) is 2. The molecule has 2 saturated heterocycles. The van der Waals surface area contributed by atoms with Crippen LogP contribution in [0.3, 0.4) is 0 Å². The largest absolute Gasteiger partial charge is 0.489 e. The van der Waals surface area contributed by atoms with Gasteiger partial charge in [-0.3, -0.25) is 14.2 Å². The average molecular weight is 589 g/mol. The van der Waals surface area contributed by atoms with E-state index in [4.69, 9.17) is 21.1 Å². The van der Waals surface area contributed by atoms with Crippen LogP contribution in [0.2, 0.25) is 0 Å². The minimum atomic E-state index is -0.226. The van der Waals surface area contributed by atoms with Crippen molar-refractivity contribution in [3.63, 3.8) is 0 Å². The normalized spacial score (nSPS) is 20.4. The highest BCUT2D eigenvalue weighted by molar-refractivity contribution is 6.17. The molecule has 41 heavy (non-hydrogen) atoms. The molecule has 0 radical (unpaired) electrons. The molecule has 0 aromatic heterocycles. The maximum absolute atomic E-state index is 12.2. The Morgan fingerprint density at radius 1 is 0.707 bits per heavy atom. The second kappa shape index (κ2) is 16.1. The highest BCUT2D eigenvalue weighted by Crippen LogP contribution is 2.27. The molecule has 0 amide bonds. The van der Waals surface area contributed by atoms with Crippen molar-refractivity contribution in [1.82, 2.24) is 9.80 Å². The first-order chi connectivity index (χ1) is 19.5. The van der Waals surface area contributed by atoms with Crippen LogP contribution in [0.25, 0.3) is 0 Å². The molecule has 0 N–H and O–H groups in total. The number of likely N-dealkylation sites (tertiary alicyclic amines) is 2. The van der Waals surface area contributed by atoms with Crippen LogP contribution in [0.1, 0.15) is 84.8 Å². The number of halogens is 2. The number of benzene rings is 2. The molecule has 2 aliphatic rings. The van der Waals surface area contributed by atoms with Crippen molar-refractivity contribution in [1.29, 1.82) is 0 Å². The zero-order chi connectivity index (χ0) is 29.9. The molecule has 2 heterocycles. The van der Waals surface area contributed by atoms with Gasteiger partial charge in [0.05, 0.1) is 6.67 Å². The van der Waals surface area contributed by atoms with Crippen LogP contribution < -0.4 is 9.47 Å². The Morgan fingerprint density at radius 3 is 1.63 bits per heavy atom. The van der Waals surface area contributed by atoms with Gasteiger partial charge in [-0.25, -0.2) is 0 Å². The zero-order valence-corrected chi connectivity index (χ0v) is 27.2. The molecule has 0 spiro atoms. The van der Waals surface area contributed by atoms with E-state index in [-0.39, 0.29) is 23.6 Å². The Labute approximate surface area is 254 Å². The Morgan fingerprint density at radius 2 is 1.17 bits per heavy atom. The maximum atomic E-state index is 12.2. The monoisotopic (exact) mass is 588 g/mol. The molecule has 1 unspecified atom stereocenters. The highest BCUT2D eigenvalue weighted by atomic mass is 35.5. The molecule has 4 rings (SSSR count). The molecular weight excluding hydrogens is 535 g/mol. The first-order valence-corrected chi connectivity index (χ1v) is 16.1. The third-order valence-electron chi connectivity index (χ3n) is 7.95. The van der Waals surface area contributed by atoms with Gasteiger partial charge in [-0.2, -0.15) is 0 Å². The molecule has 2 fully saturated rings. The molecule has 0 aliphatic carbocycles. The van der Waals surface area contributed by atoms with Gasteiger partial charge in [-0.1, -0.05) is 65.8 Å².